The van der Waals surface area contributed by atoms with Crippen LogP contribution in [0.5, 0.6) is 0 Å². The zero-order chi connectivity index (χ0) is 18.5. The van der Waals surface area contributed by atoms with Crippen LogP contribution in [0.4, 0.5) is 11.6 Å². The van der Waals surface area contributed by atoms with Crippen molar-refractivity contribution in [3.63, 3.8) is 0 Å². The summed E-state index contributed by atoms with van der Waals surface area (Å²) in [6, 6.07) is 8.86. The molecule has 1 aromatic heterocycles. The largest absolute Gasteiger partial charge is 0.351 e. The van der Waals surface area contributed by atoms with Crippen molar-refractivity contribution in [1.82, 2.24) is 9.97 Å². The van der Waals surface area contributed by atoms with Gasteiger partial charge in [0.2, 0.25) is 5.95 Å². The Hall–Kier alpha value is -2.76. The van der Waals surface area contributed by atoms with Crippen molar-refractivity contribution in [1.29, 1.82) is 0 Å². The Morgan fingerprint density at radius 3 is 2.38 bits per heavy atom. The Balaban J connectivity index is 1.71. The van der Waals surface area contributed by atoms with Gasteiger partial charge in [0.1, 0.15) is 5.69 Å². The minimum Gasteiger partial charge on any atom is -0.351 e. The van der Waals surface area contributed by atoms with Crippen molar-refractivity contribution in [2.45, 2.75) is 52.0 Å². The molecular weight excluding hydrogens is 328 g/mol. The van der Waals surface area contributed by atoms with Crippen LogP contribution in [0.3, 0.4) is 0 Å². The van der Waals surface area contributed by atoms with E-state index in [4.69, 9.17) is 0 Å². The molecule has 0 bridgehead atoms. The summed E-state index contributed by atoms with van der Waals surface area (Å²) >= 11 is 0. The first-order chi connectivity index (χ1) is 12.5. The van der Waals surface area contributed by atoms with Crippen LogP contribution in [0.25, 0.3) is 0 Å². The monoisotopic (exact) mass is 352 g/mol. The lowest BCUT2D eigenvalue weighted by molar-refractivity contribution is 0.101. The predicted molar refractivity (Wildman–Crippen MR) is 102 cm³/mol. The molecule has 1 amide bonds. The van der Waals surface area contributed by atoms with E-state index < -0.39 is 0 Å². The van der Waals surface area contributed by atoms with Gasteiger partial charge in [-0.2, -0.15) is 0 Å². The Morgan fingerprint density at radius 1 is 1.04 bits per heavy atom. The molecule has 136 valence electrons. The lowest BCUT2D eigenvalue weighted by atomic mass is 9.96. The maximum absolute atomic E-state index is 12.5. The van der Waals surface area contributed by atoms with Crippen LogP contribution >= 0.6 is 0 Å². The summed E-state index contributed by atoms with van der Waals surface area (Å²) < 4.78 is 0. The van der Waals surface area contributed by atoms with Crippen LogP contribution in [0.2, 0.25) is 0 Å². The van der Waals surface area contributed by atoms with Crippen molar-refractivity contribution in [2.75, 3.05) is 10.6 Å². The number of Topliss-reactive ketones (excluding diaryl/α,β-unsaturated/α-hetero) is 1. The lowest BCUT2D eigenvalue weighted by Crippen LogP contribution is -2.24. The first-order valence-corrected chi connectivity index (χ1v) is 9.06. The molecule has 1 fully saturated rings. The molecule has 2 N–H and O–H groups in total. The second-order valence-electron chi connectivity index (χ2n) is 6.79. The fourth-order valence-electron chi connectivity index (χ4n) is 3.16. The lowest BCUT2D eigenvalue weighted by Gasteiger charge is -2.23. The van der Waals surface area contributed by atoms with Gasteiger partial charge in [0.15, 0.2) is 5.78 Å². The van der Waals surface area contributed by atoms with Gasteiger partial charge >= 0.3 is 0 Å². The second-order valence-corrected chi connectivity index (χ2v) is 6.79. The number of aryl methyl sites for hydroxylation is 1. The van der Waals surface area contributed by atoms with Gasteiger partial charge in [0.05, 0.1) is 0 Å². The number of hydrogen-bond donors (Lipinski definition) is 2. The maximum Gasteiger partial charge on any atom is 0.274 e. The Bertz CT molecular complexity index is 796. The number of aromatic nitrogens is 2. The summed E-state index contributed by atoms with van der Waals surface area (Å²) in [6.07, 6.45) is 5.94. The third-order valence-electron chi connectivity index (χ3n) is 4.57. The van der Waals surface area contributed by atoms with Gasteiger partial charge in [-0.3, -0.25) is 9.59 Å². The number of hydrogen-bond acceptors (Lipinski definition) is 5. The van der Waals surface area contributed by atoms with Gasteiger partial charge in [0, 0.05) is 23.0 Å². The summed E-state index contributed by atoms with van der Waals surface area (Å²) in [4.78, 5) is 32.7. The fraction of sp³-hybridized carbons (Fsp3) is 0.400. The highest BCUT2D eigenvalue weighted by Crippen LogP contribution is 2.20. The van der Waals surface area contributed by atoms with Crippen LogP contribution in [0.15, 0.2) is 30.3 Å². The third kappa shape index (κ3) is 4.65. The summed E-state index contributed by atoms with van der Waals surface area (Å²) in [7, 11) is 0. The third-order valence-corrected chi connectivity index (χ3v) is 4.57. The van der Waals surface area contributed by atoms with Gasteiger partial charge in [-0.1, -0.05) is 19.3 Å². The molecule has 2 aromatic rings. The van der Waals surface area contributed by atoms with Crippen molar-refractivity contribution in [2.24, 2.45) is 0 Å². The number of anilines is 2. The van der Waals surface area contributed by atoms with E-state index in [1.54, 1.807) is 30.3 Å². The molecule has 0 atom stereocenters. The molecule has 0 aliphatic heterocycles. The van der Waals surface area contributed by atoms with E-state index >= 15 is 0 Å². The SMILES string of the molecule is CC(=O)c1ccc(NC(=O)c2cc(C)nc(NC3CCCCC3)n2)cc1. The molecular formula is C20H24N4O2. The molecule has 0 unspecified atom stereocenters. The number of nitrogens with one attached hydrogen (secondary N) is 2. The van der Waals surface area contributed by atoms with Crippen LogP contribution in [0, 0.1) is 6.92 Å². The Morgan fingerprint density at radius 2 is 1.73 bits per heavy atom. The highest BCUT2D eigenvalue weighted by Gasteiger charge is 2.16. The summed E-state index contributed by atoms with van der Waals surface area (Å²) in [6.45, 7) is 3.37. The van der Waals surface area contributed by atoms with Gasteiger partial charge < -0.3 is 10.6 Å². The van der Waals surface area contributed by atoms with Crippen molar-refractivity contribution >= 4 is 23.3 Å². The second kappa shape index (κ2) is 8.08. The Kier molecular flexibility index (Phi) is 5.61. The van der Waals surface area contributed by atoms with Crippen molar-refractivity contribution < 1.29 is 9.59 Å². The van der Waals surface area contributed by atoms with Gasteiger partial charge in [0.25, 0.3) is 5.91 Å². The standard InChI is InChI=1S/C20H24N4O2/c1-13-12-18(24-20(21-13)23-16-6-4-3-5-7-16)19(26)22-17-10-8-15(9-11-17)14(2)25/h8-12,16H,3-7H2,1-2H3,(H,22,26)(H,21,23,24). The topological polar surface area (TPSA) is 84.0 Å². The minimum atomic E-state index is -0.294. The van der Waals surface area contributed by atoms with E-state index in [0.717, 1.165) is 18.5 Å². The number of nitrogens with zero attached hydrogens (tertiary/aromatic N) is 2. The van der Waals surface area contributed by atoms with Crippen molar-refractivity contribution in [3.05, 3.63) is 47.3 Å². The van der Waals surface area contributed by atoms with E-state index in [1.807, 2.05) is 6.92 Å². The quantitative estimate of drug-likeness (QED) is 0.795. The normalized spacial score (nSPS) is 14.7. The number of carbonyl (C=O) groups excluding carboxylic acids is 2. The van der Waals surface area contributed by atoms with E-state index in [1.165, 1.54) is 26.2 Å². The predicted octanol–water partition coefficient (Wildman–Crippen LogP) is 3.98. The summed E-state index contributed by atoms with van der Waals surface area (Å²) in [5.41, 5.74) is 2.31. The van der Waals surface area contributed by atoms with E-state index in [9.17, 15) is 9.59 Å². The number of benzene rings is 1. The smallest absolute Gasteiger partial charge is 0.274 e. The van der Waals surface area contributed by atoms with Gasteiger partial charge in [-0.05, 0) is 57.0 Å². The average Bonchev–Trinajstić information content (AvgIpc) is 2.62. The first kappa shape index (κ1) is 18.0. The van der Waals surface area contributed by atoms with Crippen LogP contribution in [0.1, 0.15) is 65.6 Å². The molecule has 26 heavy (non-hydrogen) atoms. The molecule has 0 spiro atoms. The van der Waals surface area contributed by atoms with Crippen LogP contribution in [-0.4, -0.2) is 27.7 Å². The van der Waals surface area contributed by atoms with Crippen molar-refractivity contribution in [3.8, 4) is 0 Å². The van der Waals surface area contributed by atoms with Gasteiger partial charge in [-0.25, -0.2) is 9.97 Å². The molecule has 0 saturated heterocycles. The number of carbonyl (C=O) groups is 2. The van der Waals surface area contributed by atoms with Gasteiger partial charge in [-0.15, -0.1) is 0 Å². The van der Waals surface area contributed by atoms with Crippen LogP contribution in [-0.2, 0) is 0 Å². The minimum absolute atomic E-state index is 0.00673. The highest BCUT2D eigenvalue weighted by molar-refractivity contribution is 6.03. The first-order valence-electron chi connectivity index (χ1n) is 9.06. The molecule has 1 aliphatic rings. The van der Waals surface area contributed by atoms with E-state index in [-0.39, 0.29) is 11.7 Å². The molecule has 0 radical (unpaired) electrons. The molecule has 1 heterocycles. The van der Waals surface area contributed by atoms with Crippen LogP contribution < -0.4 is 10.6 Å². The zero-order valence-electron chi connectivity index (χ0n) is 15.2. The average molecular weight is 352 g/mol. The van der Waals surface area contributed by atoms with E-state index in [0.29, 0.717) is 28.9 Å². The molecule has 1 aromatic carbocycles. The number of amides is 1. The molecule has 1 saturated carbocycles. The number of rotatable bonds is 5. The molecule has 1 aliphatic carbocycles. The Labute approximate surface area is 153 Å². The molecule has 3 rings (SSSR count). The summed E-state index contributed by atoms with van der Waals surface area (Å²) in [5, 5.41) is 6.18. The maximum atomic E-state index is 12.5. The highest BCUT2D eigenvalue weighted by atomic mass is 16.2. The molecule has 6 nitrogen and oxygen atoms in total. The summed E-state index contributed by atoms with van der Waals surface area (Å²) in [5.74, 6) is 0.208. The fourth-order valence-corrected chi connectivity index (χ4v) is 3.16. The molecule has 6 heteroatoms. The number of ketones is 1. The zero-order valence-corrected chi connectivity index (χ0v) is 15.2. The van der Waals surface area contributed by atoms with E-state index in [2.05, 4.69) is 20.6 Å².